The van der Waals surface area contributed by atoms with Gasteiger partial charge in [-0.15, -0.1) is 0 Å². The topological polar surface area (TPSA) is 81.1 Å². The van der Waals surface area contributed by atoms with Crippen molar-refractivity contribution in [2.24, 2.45) is 0 Å². The minimum atomic E-state index is -3.52. The van der Waals surface area contributed by atoms with Gasteiger partial charge in [-0.05, 0) is 37.3 Å². The number of hydrogen-bond donors (Lipinski definition) is 1. The largest absolute Gasteiger partial charge is 0.319 e. The molecule has 1 aromatic heterocycles. The summed E-state index contributed by atoms with van der Waals surface area (Å²) in [5.41, 5.74) is 1.42. The number of nitrogens with zero attached hydrogens (tertiary/aromatic N) is 2. The molecule has 2 aromatic carbocycles. The van der Waals surface area contributed by atoms with E-state index in [0.717, 1.165) is 30.1 Å². The van der Waals surface area contributed by atoms with Gasteiger partial charge in [0.2, 0.25) is 0 Å². The van der Waals surface area contributed by atoms with Crippen molar-refractivity contribution in [1.29, 1.82) is 0 Å². The molecule has 3 rings (SSSR count). The highest BCUT2D eigenvalue weighted by Crippen LogP contribution is 2.21. The summed E-state index contributed by atoms with van der Waals surface area (Å²) in [5, 5.41) is 6.61. The van der Waals surface area contributed by atoms with Crippen molar-refractivity contribution >= 4 is 21.4 Å². The molecule has 0 saturated carbocycles. The van der Waals surface area contributed by atoms with Crippen LogP contribution in [0.4, 0.5) is 10.1 Å². The Morgan fingerprint density at radius 1 is 1.15 bits per heavy atom. The number of para-hydroxylation sites is 1. The first-order valence-corrected chi connectivity index (χ1v) is 9.57. The fourth-order valence-corrected chi connectivity index (χ4v) is 3.13. The van der Waals surface area contributed by atoms with Crippen LogP contribution < -0.4 is 5.32 Å². The lowest BCUT2D eigenvalue weighted by molar-refractivity contribution is 0.102. The van der Waals surface area contributed by atoms with Crippen molar-refractivity contribution in [1.82, 2.24) is 9.78 Å². The summed E-state index contributed by atoms with van der Waals surface area (Å²) in [6, 6.07) is 12.5. The molecular weight excluding hydrogens is 357 g/mol. The number of sulfone groups is 1. The van der Waals surface area contributed by atoms with Gasteiger partial charge in [0.15, 0.2) is 9.84 Å². The number of benzene rings is 2. The fourth-order valence-electron chi connectivity index (χ4n) is 2.48. The standard InChI is InChI=1S/C18H16FN3O3S/c1-12-15(11-20-22(12)13-6-4-3-5-7-13)18(23)21-17-10-14(26(2,24)25)8-9-16(17)19/h3-11H,1-2H3,(H,21,23). The molecule has 0 atom stereocenters. The first-order chi connectivity index (χ1) is 12.3. The molecule has 0 saturated heterocycles. The van der Waals surface area contributed by atoms with Crippen LogP contribution in [-0.4, -0.2) is 30.4 Å². The summed E-state index contributed by atoms with van der Waals surface area (Å²) in [6.45, 7) is 1.72. The number of halogens is 1. The number of carbonyl (C=O) groups excluding carboxylic acids is 1. The number of hydrogen-bond acceptors (Lipinski definition) is 4. The van der Waals surface area contributed by atoms with E-state index < -0.39 is 21.6 Å². The van der Waals surface area contributed by atoms with Crippen LogP contribution >= 0.6 is 0 Å². The number of aromatic nitrogens is 2. The van der Waals surface area contributed by atoms with Crippen molar-refractivity contribution in [3.8, 4) is 5.69 Å². The van der Waals surface area contributed by atoms with Crippen LogP contribution in [0.15, 0.2) is 59.6 Å². The summed E-state index contributed by atoms with van der Waals surface area (Å²) in [4.78, 5) is 12.4. The smallest absolute Gasteiger partial charge is 0.259 e. The lowest BCUT2D eigenvalue weighted by Gasteiger charge is -2.09. The Morgan fingerprint density at radius 2 is 1.85 bits per heavy atom. The Hall–Kier alpha value is -3.00. The maximum Gasteiger partial charge on any atom is 0.259 e. The van der Waals surface area contributed by atoms with Crippen LogP contribution in [-0.2, 0) is 9.84 Å². The average Bonchev–Trinajstić information content (AvgIpc) is 2.98. The van der Waals surface area contributed by atoms with Crippen molar-refractivity contribution in [2.45, 2.75) is 11.8 Å². The second kappa shape index (κ2) is 6.72. The van der Waals surface area contributed by atoms with Crippen LogP contribution in [0.5, 0.6) is 0 Å². The average molecular weight is 373 g/mol. The summed E-state index contributed by atoms with van der Waals surface area (Å²) < 4.78 is 38.8. The Balaban J connectivity index is 1.92. The zero-order chi connectivity index (χ0) is 18.9. The maximum atomic E-state index is 14.0. The third-order valence-electron chi connectivity index (χ3n) is 3.87. The van der Waals surface area contributed by atoms with Crippen LogP contribution in [0.2, 0.25) is 0 Å². The molecule has 0 fully saturated rings. The second-order valence-electron chi connectivity index (χ2n) is 5.76. The van der Waals surface area contributed by atoms with Gasteiger partial charge in [0.05, 0.1) is 33.7 Å². The van der Waals surface area contributed by atoms with E-state index in [-0.39, 0.29) is 16.1 Å². The van der Waals surface area contributed by atoms with Crippen molar-refractivity contribution in [3.63, 3.8) is 0 Å². The molecule has 1 N–H and O–H groups in total. The molecule has 0 unspecified atom stereocenters. The van der Waals surface area contributed by atoms with Gasteiger partial charge in [-0.1, -0.05) is 18.2 Å². The van der Waals surface area contributed by atoms with Gasteiger partial charge >= 0.3 is 0 Å². The third-order valence-corrected chi connectivity index (χ3v) is 4.98. The van der Waals surface area contributed by atoms with Gasteiger partial charge in [-0.25, -0.2) is 17.5 Å². The molecule has 26 heavy (non-hydrogen) atoms. The molecule has 1 amide bonds. The minimum Gasteiger partial charge on any atom is -0.319 e. The van der Waals surface area contributed by atoms with Gasteiger partial charge < -0.3 is 5.32 Å². The Morgan fingerprint density at radius 3 is 2.50 bits per heavy atom. The van der Waals surface area contributed by atoms with Gasteiger partial charge in [-0.2, -0.15) is 5.10 Å². The van der Waals surface area contributed by atoms with Gasteiger partial charge in [0.1, 0.15) is 5.82 Å². The molecule has 0 aliphatic carbocycles. The van der Waals surface area contributed by atoms with E-state index in [1.54, 1.807) is 11.6 Å². The van der Waals surface area contributed by atoms with Crippen LogP contribution in [0, 0.1) is 12.7 Å². The number of nitrogens with one attached hydrogen (secondary N) is 1. The number of anilines is 1. The van der Waals surface area contributed by atoms with E-state index in [1.807, 2.05) is 30.3 Å². The molecule has 134 valence electrons. The summed E-state index contributed by atoms with van der Waals surface area (Å²) in [6.07, 6.45) is 2.40. The van der Waals surface area contributed by atoms with Crippen molar-refractivity contribution < 1.29 is 17.6 Å². The predicted octanol–water partition coefficient (Wildman–Crippen LogP) is 2.98. The van der Waals surface area contributed by atoms with E-state index in [0.29, 0.717) is 5.69 Å². The molecule has 6 nitrogen and oxygen atoms in total. The van der Waals surface area contributed by atoms with E-state index >= 15 is 0 Å². The molecular formula is C18H16FN3O3S. The fraction of sp³-hybridized carbons (Fsp3) is 0.111. The van der Waals surface area contributed by atoms with Gasteiger partial charge in [0.25, 0.3) is 5.91 Å². The van der Waals surface area contributed by atoms with Gasteiger partial charge in [-0.3, -0.25) is 4.79 Å². The lowest BCUT2D eigenvalue weighted by atomic mass is 10.2. The van der Waals surface area contributed by atoms with E-state index in [1.165, 1.54) is 6.20 Å². The Kier molecular flexibility index (Phi) is 4.60. The first-order valence-electron chi connectivity index (χ1n) is 7.68. The van der Waals surface area contributed by atoms with Crippen LogP contribution in [0.1, 0.15) is 16.1 Å². The van der Waals surface area contributed by atoms with Gasteiger partial charge in [0, 0.05) is 6.26 Å². The zero-order valence-corrected chi connectivity index (χ0v) is 14.9. The van der Waals surface area contributed by atoms with Crippen molar-refractivity contribution in [2.75, 3.05) is 11.6 Å². The number of rotatable bonds is 4. The SMILES string of the molecule is Cc1c(C(=O)Nc2cc(S(C)(=O)=O)ccc2F)cnn1-c1ccccc1. The first kappa shape index (κ1) is 17.8. The lowest BCUT2D eigenvalue weighted by Crippen LogP contribution is -2.14. The quantitative estimate of drug-likeness (QED) is 0.713. The molecule has 3 aromatic rings. The summed E-state index contributed by atoms with van der Waals surface area (Å²) in [5.74, 6) is -1.30. The molecule has 0 bridgehead atoms. The molecule has 0 aliphatic heterocycles. The Bertz CT molecular complexity index is 1080. The number of carbonyl (C=O) groups is 1. The highest BCUT2D eigenvalue weighted by Gasteiger charge is 2.18. The molecule has 1 heterocycles. The second-order valence-corrected chi connectivity index (χ2v) is 7.77. The molecule has 0 spiro atoms. The third kappa shape index (κ3) is 3.50. The monoisotopic (exact) mass is 373 g/mol. The van der Waals surface area contributed by atoms with E-state index in [4.69, 9.17) is 0 Å². The van der Waals surface area contributed by atoms with E-state index in [2.05, 4.69) is 10.4 Å². The van der Waals surface area contributed by atoms with Crippen LogP contribution in [0.3, 0.4) is 0 Å². The van der Waals surface area contributed by atoms with Crippen molar-refractivity contribution in [3.05, 3.63) is 71.8 Å². The molecule has 0 aliphatic rings. The predicted molar refractivity (Wildman–Crippen MR) is 95.8 cm³/mol. The zero-order valence-electron chi connectivity index (χ0n) is 14.1. The molecule has 8 heteroatoms. The van der Waals surface area contributed by atoms with E-state index in [9.17, 15) is 17.6 Å². The van der Waals surface area contributed by atoms with Crippen LogP contribution in [0.25, 0.3) is 5.69 Å². The highest BCUT2D eigenvalue weighted by atomic mass is 32.2. The molecule has 0 radical (unpaired) electrons. The maximum absolute atomic E-state index is 14.0. The summed E-state index contributed by atoms with van der Waals surface area (Å²) in [7, 11) is -3.52. The highest BCUT2D eigenvalue weighted by molar-refractivity contribution is 7.90. The Labute approximate surface area is 150 Å². The summed E-state index contributed by atoms with van der Waals surface area (Å²) >= 11 is 0. The minimum absolute atomic E-state index is 0.0779. The normalized spacial score (nSPS) is 11.3. The number of amides is 1.